The SMILES string of the molecule is CSCCC(NC(=O)C(N)C(C)C)C(=O)NC(CCC(N)=O)C(=O)NC(Cc1ccccc1)C(=O)O. The second-order valence-electron chi connectivity index (χ2n) is 8.77. The normalized spacial score (nSPS) is 14.2. The molecule has 8 N–H and O–H groups in total. The number of carboxylic acid groups (broad SMARTS) is 1. The average molecular weight is 524 g/mol. The molecule has 0 heterocycles. The van der Waals surface area contributed by atoms with Crippen molar-refractivity contribution in [3.63, 3.8) is 0 Å². The Balaban J connectivity index is 3.02. The summed E-state index contributed by atoms with van der Waals surface area (Å²) >= 11 is 1.47. The number of hydrogen-bond acceptors (Lipinski definition) is 7. The molecule has 0 aliphatic rings. The fraction of sp³-hybridized carbons (Fsp3) is 0.542. The minimum Gasteiger partial charge on any atom is -0.480 e. The molecule has 12 heteroatoms. The van der Waals surface area contributed by atoms with Crippen LogP contribution in [-0.4, -0.2) is 70.9 Å². The molecule has 11 nitrogen and oxygen atoms in total. The molecule has 1 aromatic carbocycles. The highest BCUT2D eigenvalue weighted by Crippen LogP contribution is 2.08. The predicted molar refractivity (Wildman–Crippen MR) is 138 cm³/mol. The average Bonchev–Trinajstić information content (AvgIpc) is 2.83. The third kappa shape index (κ3) is 11.1. The van der Waals surface area contributed by atoms with Crippen molar-refractivity contribution in [1.82, 2.24) is 16.0 Å². The second kappa shape index (κ2) is 15.8. The van der Waals surface area contributed by atoms with Crippen molar-refractivity contribution in [3.8, 4) is 0 Å². The lowest BCUT2D eigenvalue weighted by atomic mass is 10.0. The van der Waals surface area contributed by atoms with E-state index < -0.39 is 53.8 Å². The van der Waals surface area contributed by atoms with Crippen LogP contribution in [0.25, 0.3) is 0 Å². The standard InChI is InChI=1S/C24H37N5O6S/c1-14(2)20(26)23(33)28-17(11-12-36-3)22(32)27-16(9-10-19(25)30)21(31)29-18(24(34)35)13-15-7-5-4-6-8-15/h4-8,14,16-18,20H,9-13,26H2,1-3H3,(H2,25,30)(H,27,32)(H,28,33)(H,29,31)(H,34,35). The van der Waals surface area contributed by atoms with Gasteiger partial charge in [-0.2, -0.15) is 11.8 Å². The molecule has 0 saturated heterocycles. The van der Waals surface area contributed by atoms with Crippen LogP contribution in [0.2, 0.25) is 0 Å². The van der Waals surface area contributed by atoms with Crippen molar-refractivity contribution in [1.29, 1.82) is 0 Å². The maximum Gasteiger partial charge on any atom is 0.326 e. The number of aliphatic carboxylic acids is 1. The number of benzene rings is 1. The smallest absolute Gasteiger partial charge is 0.326 e. The van der Waals surface area contributed by atoms with Gasteiger partial charge < -0.3 is 32.5 Å². The Morgan fingerprint density at radius 1 is 0.889 bits per heavy atom. The fourth-order valence-electron chi connectivity index (χ4n) is 3.23. The summed E-state index contributed by atoms with van der Waals surface area (Å²) in [6.45, 7) is 3.56. The lowest BCUT2D eigenvalue weighted by Gasteiger charge is -2.25. The van der Waals surface area contributed by atoms with Crippen molar-refractivity contribution in [2.24, 2.45) is 17.4 Å². The molecule has 0 aromatic heterocycles. The molecule has 0 bridgehead atoms. The Morgan fingerprint density at radius 3 is 1.92 bits per heavy atom. The van der Waals surface area contributed by atoms with Gasteiger partial charge in [0.15, 0.2) is 0 Å². The largest absolute Gasteiger partial charge is 0.480 e. The summed E-state index contributed by atoms with van der Waals surface area (Å²) in [5.41, 5.74) is 11.8. The number of carboxylic acids is 1. The Labute approximate surface area is 215 Å². The van der Waals surface area contributed by atoms with E-state index in [1.54, 1.807) is 44.2 Å². The third-order valence-corrected chi connectivity index (χ3v) is 6.12. The van der Waals surface area contributed by atoms with Crippen LogP contribution in [-0.2, 0) is 30.4 Å². The van der Waals surface area contributed by atoms with Crippen molar-refractivity contribution in [2.45, 2.75) is 63.7 Å². The van der Waals surface area contributed by atoms with Gasteiger partial charge in [0, 0.05) is 12.8 Å². The van der Waals surface area contributed by atoms with E-state index in [4.69, 9.17) is 11.5 Å². The molecular weight excluding hydrogens is 486 g/mol. The van der Waals surface area contributed by atoms with E-state index in [2.05, 4.69) is 16.0 Å². The summed E-state index contributed by atoms with van der Waals surface area (Å²) in [5.74, 6) is -3.46. The summed E-state index contributed by atoms with van der Waals surface area (Å²) in [5, 5.41) is 17.2. The lowest BCUT2D eigenvalue weighted by molar-refractivity contribution is -0.142. The zero-order valence-electron chi connectivity index (χ0n) is 20.9. The van der Waals surface area contributed by atoms with Crippen molar-refractivity contribution in [2.75, 3.05) is 12.0 Å². The van der Waals surface area contributed by atoms with E-state index in [1.807, 2.05) is 6.26 Å². The van der Waals surface area contributed by atoms with Crippen LogP contribution >= 0.6 is 11.8 Å². The molecule has 4 amide bonds. The molecule has 0 aliphatic heterocycles. The molecule has 36 heavy (non-hydrogen) atoms. The molecule has 1 aromatic rings. The molecule has 200 valence electrons. The Bertz CT molecular complexity index is 898. The first-order chi connectivity index (χ1) is 17.0. The Hall–Kier alpha value is -3.12. The summed E-state index contributed by atoms with van der Waals surface area (Å²) in [6, 6.07) is 4.45. The second-order valence-corrected chi connectivity index (χ2v) is 9.75. The van der Waals surface area contributed by atoms with Gasteiger partial charge in [0.25, 0.3) is 0 Å². The number of nitrogens with one attached hydrogen (secondary N) is 3. The van der Waals surface area contributed by atoms with E-state index in [9.17, 15) is 29.1 Å². The first-order valence-electron chi connectivity index (χ1n) is 11.7. The number of hydrogen-bond donors (Lipinski definition) is 6. The zero-order chi connectivity index (χ0) is 27.3. The van der Waals surface area contributed by atoms with Crippen LogP contribution in [0.3, 0.4) is 0 Å². The molecule has 4 atom stereocenters. The van der Waals surface area contributed by atoms with E-state index in [0.29, 0.717) is 11.3 Å². The number of thioether (sulfide) groups is 1. The van der Waals surface area contributed by atoms with Gasteiger partial charge in [-0.1, -0.05) is 44.2 Å². The van der Waals surface area contributed by atoms with Gasteiger partial charge >= 0.3 is 5.97 Å². The maximum absolute atomic E-state index is 13.1. The van der Waals surface area contributed by atoms with Crippen molar-refractivity contribution < 1.29 is 29.1 Å². The van der Waals surface area contributed by atoms with Gasteiger partial charge in [-0.05, 0) is 36.3 Å². The lowest BCUT2D eigenvalue weighted by Crippen LogP contribution is -2.57. The highest BCUT2D eigenvalue weighted by molar-refractivity contribution is 7.98. The quantitative estimate of drug-likeness (QED) is 0.171. The molecule has 0 aliphatic carbocycles. The minimum absolute atomic E-state index is 0.0257. The first kappa shape index (κ1) is 30.9. The molecule has 0 radical (unpaired) electrons. The highest BCUT2D eigenvalue weighted by atomic mass is 32.2. The summed E-state index contributed by atoms with van der Waals surface area (Å²) in [6.07, 6.45) is 1.80. The maximum atomic E-state index is 13.1. The van der Waals surface area contributed by atoms with Crippen molar-refractivity contribution >= 4 is 41.4 Å². The van der Waals surface area contributed by atoms with Crippen LogP contribution in [0.5, 0.6) is 0 Å². The van der Waals surface area contributed by atoms with Crippen LogP contribution in [0.1, 0.15) is 38.7 Å². The Kier molecular flexibility index (Phi) is 13.6. The van der Waals surface area contributed by atoms with E-state index in [-0.39, 0.29) is 31.6 Å². The Morgan fingerprint density at radius 2 is 1.42 bits per heavy atom. The predicted octanol–water partition coefficient (Wildman–Crippen LogP) is -0.230. The summed E-state index contributed by atoms with van der Waals surface area (Å²) in [7, 11) is 0. The van der Waals surface area contributed by atoms with Crippen LogP contribution < -0.4 is 27.4 Å². The number of amides is 4. The van der Waals surface area contributed by atoms with Gasteiger partial charge in [0.1, 0.15) is 18.1 Å². The summed E-state index contributed by atoms with van der Waals surface area (Å²) in [4.78, 5) is 61.7. The molecular formula is C24H37N5O6S. The van der Waals surface area contributed by atoms with E-state index in [0.717, 1.165) is 0 Å². The van der Waals surface area contributed by atoms with Gasteiger partial charge in [-0.15, -0.1) is 0 Å². The molecule has 0 fully saturated rings. The fourth-order valence-corrected chi connectivity index (χ4v) is 3.70. The molecule has 1 rings (SSSR count). The topological polar surface area (TPSA) is 194 Å². The number of primary amides is 1. The molecule has 0 spiro atoms. The van der Waals surface area contributed by atoms with E-state index >= 15 is 0 Å². The number of carbonyl (C=O) groups excluding carboxylic acids is 4. The molecule has 0 saturated carbocycles. The van der Waals surface area contributed by atoms with E-state index in [1.165, 1.54) is 11.8 Å². The first-order valence-corrected chi connectivity index (χ1v) is 13.1. The minimum atomic E-state index is -1.26. The third-order valence-electron chi connectivity index (χ3n) is 5.47. The monoisotopic (exact) mass is 523 g/mol. The van der Waals surface area contributed by atoms with Crippen LogP contribution in [0.15, 0.2) is 30.3 Å². The van der Waals surface area contributed by atoms with Crippen LogP contribution in [0.4, 0.5) is 0 Å². The highest BCUT2D eigenvalue weighted by Gasteiger charge is 2.30. The number of nitrogens with two attached hydrogens (primary N) is 2. The van der Waals surface area contributed by atoms with Crippen LogP contribution in [0, 0.1) is 5.92 Å². The summed E-state index contributed by atoms with van der Waals surface area (Å²) < 4.78 is 0. The zero-order valence-corrected chi connectivity index (χ0v) is 21.7. The van der Waals surface area contributed by atoms with Crippen molar-refractivity contribution in [3.05, 3.63) is 35.9 Å². The van der Waals surface area contributed by atoms with Gasteiger partial charge in [0.05, 0.1) is 6.04 Å². The van der Waals surface area contributed by atoms with Gasteiger partial charge in [-0.25, -0.2) is 4.79 Å². The number of rotatable bonds is 16. The van der Waals surface area contributed by atoms with Gasteiger partial charge in [0.2, 0.25) is 23.6 Å². The number of carbonyl (C=O) groups is 5. The van der Waals surface area contributed by atoms with Gasteiger partial charge in [-0.3, -0.25) is 19.2 Å². The molecule has 4 unspecified atom stereocenters.